The number of rotatable bonds is 4. The van der Waals surface area contributed by atoms with Gasteiger partial charge >= 0.3 is 12.1 Å². The quantitative estimate of drug-likeness (QED) is 0.922. The Morgan fingerprint density at radius 3 is 2.70 bits per heavy atom. The maximum atomic E-state index is 12.3. The van der Waals surface area contributed by atoms with Crippen molar-refractivity contribution >= 4 is 23.4 Å². The van der Waals surface area contributed by atoms with Crippen LogP contribution in [-0.2, 0) is 11.3 Å². The second kappa shape index (κ2) is 6.83. The van der Waals surface area contributed by atoms with Crippen LogP contribution in [0.4, 0.5) is 4.79 Å². The Labute approximate surface area is 138 Å². The topological polar surface area (TPSA) is 66.8 Å². The van der Waals surface area contributed by atoms with Crippen LogP contribution in [0.1, 0.15) is 39.0 Å². The van der Waals surface area contributed by atoms with E-state index in [9.17, 15) is 9.59 Å². The fourth-order valence-electron chi connectivity index (χ4n) is 2.73. The predicted molar refractivity (Wildman–Crippen MR) is 86.6 cm³/mol. The summed E-state index contributed by atoms with van der Waals surface area (Å²) in [5, 5.41) is 9.03. The zero-order chi connectivity index (χ0) is 16.2. The van der Waals surface area contributed by atoms with Crippen LogP contribution in [0.25, 0.3) is 0 Å². The van der Waals surface area contributed by atoms with Crippen molar-refractivity contribution < 1.29 is 19.4 Å². The summed E-state index contributed by atoms with van der Waals surface area (Å²) in [6.07, 6.45) is 1.38. The van der Waals surface area contributed by atoms with Crippen molar-refractivity contribution in [3.63, 3.8) is 0 Å². The van der Waals surface area contributed by atoms with Gasteiger partial charge in [0.1, 0.15) is 11.5 Å². The molecule has 2 aromatic rings. The number of amides is 1. The number of carboxylic acid groups (broad SMARTS) is 1. The van der Waals surface area contributed by atoms with E-state index in [2.05, 4.69) is 0 Å². The van der Waals surface area contributed by atoms with Gasteiger partial charge in [0.05, 0.1) is 6.04 Å². The van der Waals surface area contributed by atoms with E-state index < -0.39 is 5.97 Å². The molecule has 1 aliphatic heterocycles. The third-order valence-corrected chi connectivity index (χ3v) is 5.03. The van der Waals surface area contributed by atoms with Gasteiger partial charge in [-0.3, -0.25) is 0 Å². The maximum absolute atomic E-state index is 12.3. The Kier molecular flexibility index (Phi) is 4.62. The van der Waals surface area contributed by atoms with Crippen molar-refractivity contribution in [3.8, 4) is 0 Å². The van der Waals surface area contributed by atoms with Gasteiger partial charge < -0.3 is 14.7 Å². The highest BCUT2D eigenvalue weighted by Crippen LogP contribution is 2.36. The molecule has 1 aromatic heterocycles. The molecule has 2 heterocycles. The molecule has 1 amide bonds. The van der Waals surface area contributed by atoms with Crippen molar-refractivity contribution in [3.05, 3.63) is 57.8 Å². The normalized spacial score (nSPS) is 17.2. The average molecular weight is 331 g/mol. The lowest BCUT2D eigenvalue weighted by atomic mass is 10.2. The largest absolute Gasteiger partial charge is 0.477 e. The van der Waals surface area contributed by atoms with E-state index in [1.165, 1.54) is 11.3 Å². The molecule has 23 heavy (non-hydrogen) atoms. The van der Waals surface area contributed by atoms with Crippen LogP contribution >= 0.6 is 11.3 Å². The molecule has 1 aromatic carbocycles. The SMILES string of the molecule is O=C(O)c1ccc(C2CCCN2C(=O)OCc2ccccc2)s1. The van der Waals surface area contributed by atoms with E-state index in [-0.39, 0.29) is 18.7 Å². The predicted octanol–water partition coefficient (Wildman–Crippen LogP) is 3.92. The zero-order valence-corrected chi connectivity index (χ0v) is 13.3. The second-order valence-electron chi connectivity index (χ2n) is 5.40. The number of carbonyl (C=O) groups excluding carboxylic acids is 1. The smallest absolute Gasteiger partial charge is 0.410 e. The lowest BCUT2D eigenvalue weighted by Crippen LogP contribution is -2.30. The molecule has 0 bridgehead atoms. The molecule has 0 aliphatic carbocycles. The Morgan fingerprint density at radius 2 is 2.00 bits per heavy atom. The van der Waals surface area contributed by atoms with Gasteiger partial charge in [-0.1, -0.05) is 30.3 Å². The molecule has 0 spiro atoms. The van der Waals surface area contributed by atoms with Crippen LogP contribution in [0.3, 0.4) is 0 Å². The summed E-state index contributed by atoms with van der Waals surface area (Å²) in [7, 11) is 0. The van der Waals surface area contributed by atoms with Crippen LogP contribution < -0.4 is 0 Å². The summed E-state index contributed by atoms with van der Waals surface area (Å²) >= 11 is 1.22. The van der Waals surface area contributed by atoms with Crippen molar-refractivity contribution in [2.45, 2.75) is 25.5 Å². The van der Waals surface area contributed by atoms with Crippen LogP contribution in [-0.4, -0.2) is 28.6 Å². The monoisotopic (exact) mass is 331 g/mol. The molecule has 0 saturated carbocycles. The van der Waals surface area contributed by atoms with E-state index in [1.807, 2.05) is 30.3 Å². The van der Waals surface area contributed by atoms with Crippen LogP contribution in [0.5, 0.6) is 0 Å². The number of nitrogens with zero attached hydrogens (tertiary/aromatic N) is 1. The molecule has 1 fully saturated rings. The Balaban J connectivity index is 1.65. The number of likely N-dealkylation sites (tertiary alicyclic amines) is 1. The summed E-state index contributed by atoms with van der Waals surface area (Å²) in [5.74, 6) is -0.933. The highest BCUT2D eigenvalue weighted by Gasteiger charge is 2.32. The third-order valence-electron chi connectivity index (χ3n) is 3.86. The standard InChI is InChI=1S/C17H17NO4S/c19-16(20)15-9-8-14(23-15)13-7-4-10-18(13)17(21)22-11-12-5-2-1-3-6-12/h1-3,5-6,8-9,13H,4,7,10-11H2,(H,19,20). The van der Waals surface area contributed by atoms with Crippen molar-refractivity contribution in [1.82, 2.24) is 4.90 Å². The number of ether oxygens (including phenoxy) is 1. The molecular formula is C17H17NO4S. The second-order valence-corrected chi connectivity index (χ2v) is 6.51. The molecule has 3 rings (SSSR count). The van der Waals surface area contributed by atoms with Crippen molar-refractivity contribution in [2.75, 3.05) is 6.54 Å². The molecule has 1 aliphatic rings. The van der Waals surface area contributed by atoms with Gasteiger partial charge in [-0.2, -0.15) is 0 Å². The Bertz CT molecular complexity index is 698. The van der Waals surface area contributed by atoms with Crippen molar-refractivity contribution in [2.24, 2.45) is 0 Å². The number of hydrogen-bond acceptors (Lipinski definition) is 4. The first-order valence-electron chi connectivity index (χ1n) is 7.45. The fraction of sp³-hybridized carbons (Fsp3) is 0.294. The zero-order valence-electron chi connectivity index (χ0n) is 12.5. The molecule has 6 heteroatoms. The van der Waals surface area contributed by atoms with Crippen LogP contribution in [0.2, 0.25) is 0 Å². The number of benzene rings is 1. The molecular weight excluding hydrogens is 314 g/mol. The average Bonchev–Trinajstić information content (AvgIpc) is 3.22. The molecule has 5 nitrogen and oxygen atoms in total. The molecule has 120 valence electrons. The van der Waals surface area contributed by atoms with Gasteiger partial charge in [-0.05, 0) is 30.5 Å². The van der Waals surface area contributed by atoms with E-state index in [0.29, 0.717) is 11.4 Å². The maximum Gasteiger partial charge on any atom is 0.410 e. The fourth-order valence-corrected chi connectivity index (χ4v) is 3.72. The number of carbonyl (C=O) groups is 2. The molecule has 0 radical (unpaired) electrons. The lowest BCUT2D eigenvalue weighted by molar-refractivity contribution is 0.0702. The number of carboxylic acids is 1. The Morgan fingerprint density at radius 1 is 1.22 bits per heavy atom. The lowest BCUT2D eigenvalue weighted by Gasteiger charge is -2.23. The van der Waals surface area contributed by atoms with Gasteiger partial charge in [-0.25, -0.2) is 9.59 Å². The third kappa shape index (κ3) is 3.53. The summed E-state index contributed by atoms with van der Waals surface area (Å²) in [6, 6.07) is 12.8. The van der Waals surface area contributed by atoms with E-state index in [1.54, 1.807) is 17.0 Å². The molecule has 1 atom stereocenters. The van der Waals surface area contributed by atoms with Gasteiger partial charge in [-0.15, -0.1) is 11.3 Å². The summed E-state index contributed by atoms with van der Waals surface area (Å²) in [4.78, 5) is 26.2. The van der Waals surface area contributed by atoms with Crippen LogP contribution in [0, 0.1) is 0 Å². The minimum atomic E-state index is -0.933. The van der Waals surface area contributed by atoms with Gasteiger partial charge in [0.2, 0.25) is 0 Å². The van der Waals surface area contributed by atoms with Gasteiger partial charge in [0, 0.05) is 11.4 Å². The minimum absolute atomic E-state index is 0.0867. The first kappa shape index (κ1) is 15.6. The number of hydrogen-bond donors (Lipinski definition) is 1. The summed E-state index contributed by atoms with van der Waals surface area (Å²) < 4.78 is 5.39. The van der Waals surface area contributed by atoms with Gasteiger partial charge in [0.25, 0.3) is 0 Å². The highest BCUT2D eigenvalue weighted by atomic mass is 32.1. The first-order chi connectivity index (χ1) is 11.1. The number of aromatic carboxylic acids is 1. The molecule has 1 N–H and O–H groups in total. The molecule has 1 saturated heterocycles. The van der Waals surface area contributed by atoms with Gasteiger partial charge in [0.15, 0.2) is 0 Å². The van der Waals surface area contributed by atoms with E-state index >= 15 is 0 Å². The van der Waals surface area contributed by atoms with Crippen LogP contribution in [0.15, 0.2) is 42.5 Å². The van der Waals surface area contributed by atoms with E-state index in [0.717, 1.165) is 23.3 Å². The van der Waals surface area contributed by atoms with E-state index in [4.69, 9.17) is 9.84 Å². The number of thiophene rings is 1. The first-order valence-corrected chi connectivity index (χ1v) is 8.27. The Hall–Kier alpha value is -2.34. The minimum Gasteiger partial charge on any atom is -0.477 e. The highest BCUT2D eigenvalue weighted by molar-refractivity contribution is 7.14. The summed E-state index contributed by atoms with van der Waals surface area (Å²) in [5.41, 5.74) is 0.945. The summed E-state index contributed by atoms with van der Waals surface area (Å²) in [6.45, 7) is 0.881. The molecule has 1 unspecified atom stereocenters. The van der Waals surface area contributed by atoms with Crippen molar-refractivity contribution in [1.29, 1.82) is 0 Å².